The second-order valence-corrected chi connectivity index (χ2v) is 5.15. The Morgan fingerprint density at radius 2 is 1.58 bits per heavy atom. The van der Waals surface area contributed by atoms with E-state index < -0.39 is 6.10 Å². The van der Waals surface area contributed by atoms with Crippen LogP contribution in [0.1, 0.15) is 40.7 Å². The molecule has 1 heteroatoms. The van der Waals surface area contributed by atoms with Gasteiger partial charge < -0.3 is 5.11 Å². The minimum Gasteiger partial charge on any atom is -0.388 e. The van der Waals surface area contributed by atoms with E-state index in [0.717, 1.165) is 18.4 Å². The molecular formula is C18H18O. The predicted octanol–water partition coefficient (Wildman–Crippen LogP) is 3.98. The Labute approximate surface area is 114 Å². The molecule has 2 aromatic carbocycles. The van der Waals surface area contributed by atoms with E-state index in [1.807, 2.05) is 24.3 Å². The van der Waals surface area contributed by atoms with Crippen molar-refractivity contribution in [1.29, 1.82) is 0 Å². The number of rotatable bonds is 2. The zero-order valence-corrected chi connectivity index (χ0v) is 10.9. The fraction of sp³-hybridized carbons (Fsp3) is 0.222. The third kappa shape index (κ3) is 2.11. The van der Waals surface area contributed by atoms with Crippen molar-refractivity contribution < 1.29 is 5.11 Å². The number of hydrogen-bond donors (Lipinski definition) is 1. The molecular weight excluding hydrogens is 232 g/mol. The molecule has 0 bridgehead atoms. The number of benzene rings is 2. The van der Waals surface area contributed by atoms with Crippen LogP contribution < -0.4 is 0 Å². The zero-order chi connectivity index (χ0) is 13.2. The maximum atomic E-state index is 10.7. The van der Waals surface area contributed by atoms with Gasteiger partial charge in [0, 0.05) is 5.92 Å². The van der Waals surface area contributed by atoms with E-state index in [-0.39, 0.29) is 5.92 Å². The van der Waals surface area contributed by atoms with Crippen molar-refractivity contribution in [3.63, 3.8) is 0 Å². The summed E-state index contributed by atoms with van der Waals surface area (Å²) >= 11 is 0. The number of fused-ring (bicyclic) bond motifs is 2. The third-order valence-corrected chi connectivity index (χ3v) is 4.01. The molecule has 0 saturated heterocycles. The second kappa shape index (κ2) is 5.02. The lowest BCUT2D eigenvalue weighted by molar-refractivity contribution is 0.145. The van der Waals surface area contributed by atoms with Crippen LogP contribution in [0.25, 0.3) is 0 Å². The smallest absolute Gasteiger partial charge is 0.0864 e. The van der Waals surface area contributed by atoms with Crippen LogP contribution >= 0.6 is 0 Å². The van der Waals surface area contributed by atoms with Gasteiger partial charge in [-0.2, -0.15) is 0 Å². The van der Waals surface area contributed by atoms with Gasteiger partial charge in [0.1, 0.15) is 0 Å². The summed E-state index contributed by atoms with van der Waals surface area (Å²) < 4.78 is 0. The minimum atomic E-state index is -0.446. The molecule has 2 aromatic rings. The van der Waals surface area contributed by atoms with Crippen molar-refractivity contribution in [2.45, 2.75) is 24.9 Å². The van der Waals surface area contributed by atoms with Crippen molar-refractivity contribution >= 4 is 0 Å². The molecule has 0 amide bonds. The quantitative estimate of drug-likeness (QED) is 0.799. The Bertz CT molecular complexity index is 600. The molecule has 0 fully saturated rings. The van der Waals surface area contributed by atoms with Gasteiger partial charge in [-0.25, -0.2) is 0 Å². The summed E-state index contributed by atoms with van der Waals surface area (Å²) in [5.74, 6) is 0.109. The van der Waals surface area contributed by atoms with Crippen LogP contribution in [-0.4, -0.2) is 5.11 Å². The van der Waals surface area contributed by atoms with E-state index in [9.17, 15) is 5.11 Å². The van der Waals surface area contributed by atoms with Crippen molar-refractivity contribution in [2.75, 3.05) is 0 Å². The molecule has 0 aliphatic heterocycles. The number of allylic oxidation sites excluding steroid dienone is 1. The van der Waals surface area contributed by atoms with E-state index in [4.69, 9.17) is 0 Å². The monoisotopic (exact) mass is 250 g/mol. The van der Waals surface area contributed by atoms with Crippen molar-refractivity contribution in [2.24, 2.45) is 0 Å². The first-order valence-electron chi connectivity index (χ1n) is 6.76. The largest absolute Gasteiger partial charge is 0.388 e. The summed E-state index contributed by atoms with van der Waals surface area (Å²) in [5, 5.41) is 10.7. The molecule has 19 heavy (non-hydrogen) atoms. The number of aliphatic hydroxyl groups excluding tert-OH is 1. The van der Waals surface area contributed by atoms with Crippen LogP contribution in [0.5, 0.6) is 0 Å². The van der Waals surface area contributed by atoms with Gasteiger partial charge in [0.25, 0.3) is 0 Å². The lowest BCUT2D eigenvalue weighted by Gasteiger charge is -2.22. The molecule has 0 unspecified atom stereocenters. The van der Waals surface area contributed by atoms with Crippen LogP contribution in [-0.2, 0) is 6.42 Å². The van der Waals surface area contributed by atoms with Crippen LogP contribution in [0, 0.1) is 0 Å². The third-order valence-electron chi connectivity index (χ3n) is 4.01. The van der Waals surface area contributed by atoms with Gasteiger partial charge in [-0.15, -0.1) is 6.58 Å². The van der Waals surface area contributed by atoms with Crippen molar-refractivity contribution in [3.8, 4) is 0 Å². The molecule has 2 atom stereocenters. The highest BCUT2D eigenvalue weighted by Gasteiger charge is 2.28. The number of hydrogen-bond acceptors (Lipinski definition) is 1. The van der Waals surface area contributed by atoms with Gasteiger partial charge in [-0.1, -0.05) is 54.6 Å². The van der Waals surface area contributed by atoms with Gasteiger partial charge in [0.2, 0.25) is 0 Å². The van der Waals surface area contributed by atoms with Gasteiger partial charge >= 0.3 is 0 Å². The van der Waals surface area contributed by atoms with E-state index in [0.29, 0.717) is 0 Å². The summed E-state index contributed by atoms with van der Waals surface area (Å²) in [5.41, 5.74) is 4.86. The van der Waals surface area contributed by atoms with Gasteiger partial charge in [0.15, 0.2) is 0 Å². The van der Waals surface area contributed by atoms with Gasteiger partial charge in [-0.3, -0.25) is 0 Å². The van der Waals surface area contributed by atoms with E-state index >= 15 is 0 Å². The molecule has 1 aliphatic carbocycles. The Kier molecular flexibility index (Phi) is 3.22. The second-order valence-electron chi connectivity index (χ2n) is 5.15. The molecule has 96 valence electrons. The molecule has 3 rings (SSSR count). The van der Waals surface area contributed by atoms with E-state index in [2.05, 4.69) is 36.9 Å². The first-order chi connectivity index (χ1) is 9.31. The van der Waals surface area contributed by atoms with E-state index in [1.165, 1.54) is 16.7 Å². The summed E-state index contributed by atoms with van der Waals surface area (Å²) in [6, 6.07) is 16.6. The summed E-state index contributed by atoms with van der Waals surface area (Å²) in [6.07, 6.45) is 3.15. The summed E-state index contributed by atoms with van der Waals surface area (Å²) in [6.45, 7) is 3.84. The highest BCUT2D eigenvalue weighted by molar-refractivity contribution is 5.44. The average Bonchev–Trinajstić information content (AvgIpc) is 2.56. The molecule has 0 saturated carbocycles. The highest BCUT2D eigenvalue weighted by Crippen LogP contribution is 2.40. The van der Waals surface area contributed by atoms with Gasteiger partial charge in [0.05, 0.1) is 6.10 Å². The SMILES string of the molecule is C=CC[C@@H]1c2ccccc2Cc2ccccc2[C@@H]1O. The standard InChI is InChI=1S/C18H18O/c1-2-7-17-15-10-5-3-8-13(15)12-14-9-4-6-11-16(14)18(17)19/h2-6,8-11,17-19H,1,7,12H2/t17-,18+/m1/s1. The van der Waals surface area contributed by atoms with Crippen molar-refractivity contribution in [3.05, 3.63) is 83.4 Å². The molecule has 0 spiro atoms. The Balaban J connectivity index is 2.18. The first-order valence-corrected chi connectivity index (χ1v) is 6.76. The topological polar surface area (TPSA) is 20.2 Å². The van der Waals surface area contributed by atoms with Crippen molar-refractivity contribution in [1.82, 2.24) is 0 Å². The zero-order valence-electron chi connectivity index (χ0n) is 10.9. The number of aliphatic hydroxyl groups is 1. The fourth-order valence-electron chi connectivity index (χ4n) is 3.07. The van der Waals surface area contributed by atoms with Crippen LogP contribution in [0.3, 0.4) is 0 Å². The average molecular weight is 250 g/mol. The normalized spacial score (nSPS) is 21.1. The maximum absolute atomic E-state index is 10.7. The summed E-state index contributed by atoms with van der Waals surface area (Å²) in [4.78, 5) is 0. The molecule has 1 nitrogen and oxygen atoms in total. The maximum Gasteiger partial charge on any atom is 0.0864 e. The molecule has 0 aromatic heterocycles. The minimum absolute atomic E-state index is 0.109. The molecule has 0 radical (unpaired) electrons. The Hall–Kier alpha value is -1.86. The lowest BCUT2D eigenvalue weighted by atomic mass is 9.86. The predicted molar refractivity (Wildman–Crippen MR) is 78.2 cm³/mol. The molecule has 1 N–H and O–H groups in total. The van der Waals surface area contributed by atoms with Gasteiger partial charge in [-0.05, 0) is 35.1 Å². The molecule has 1 aliphatic rings. The lowest BCUT2D eigenvalue weighted by Crippen LogP contribution is -2.10. The highest BCUT2D eigenvalue weighted by atomic mass is 16.3. The first kappa shape index (κ1) is 12.2. The van der Waals surface area contributed by atoms with Crippen LogP contribution in [0.4, 0.5) is 0 Å². The molecule has 0 heterocycles. The Morgan fingerprint density at radius 1 is 1.00 bits per heavy atom. The summed E-state index contributed by atoms with van der Waals surface area (Å²) in [7, 11) is 0. The van der Waals surface area contributed by atoms with E-state index in [1.54, 1.807) is 0 Å². The van der Waals surface area contributed by atoms with Crippen LogP contribution in [0.15, 0.2) is 61.2 Å². The van der Waals surface area contributed by atoms with Crippen LogP contribution in [0.2, 0.25) is 0 Å². The fourth-order valence-corrected chi connectivity index (χ4v) is 3.07. The Morgan fingerprint density at radius 3 is 2.26 bits per heavy atom.